The van der Waals surface area contributed by atoms with Gasteiger partial charge >= 0.3 is 0 Å². The number of nitrogens with one attached hydrogen (secondary N) is 1. The summed E-state index contributed by atoms with van der Waals surface area (Å²) in [5, 5.41) is 12.3. The van der Waals surface area contributed by atoms with E-state index in [0.29, 0.717) is 30.8 Å². The van der Waals surface area contributed by atoms with Crippen LogP contribution in [0.2, 0.25) is 0 Å². The average molecular weight is 262 g/mol. The monoisotopic (exact) mass is 262 g/mol. The lowest BCUT2D eigenvalue weighted by atomic mass is 10.0. The molecule has 2 unspecified atom stereocenters. The molecule has 7 nitrogen and oxygen atoms in total. The lowest BCUT2D eigenvalue weighted by Gasteiger charge is -2.34. The summed E-state index contributed by atoms with van der Waals surface area (Å²) in [5.41, 5.74) is 1.73. The first-order valence-corrected chi connectivity index (χ1v) is 6.17. The quantitative estimate of drug-likeness (QED) is 0.700. The molecule has 100 valence electrons. The Morgan fingerprint density at radius 2 is 2.26 bits per heavy atom. The molecule has 2 aliphatic heterocycles. The molecule has 2 amide bonds. The summed E-state index contributed by atoms with van der Waals surface area (Å²) in [7, 11) is 0. The summed E-state index contributed by atoms with van der Waals surface area (Å²) in [6, 6.07) is -0.415. The Balaban J connectivity index is 1.85. The predicted octanol–water partition coefficient (Wildman–Crippen LogP) is -0.662. The Morgan fingerprint density at radius 3 is 3.00 bits per heavy atom. The van der Waals surface area contributed by atoms with Crippen LogP contribution in [0.3, 0.4) is 0 Å². The van der Waals surface area contributed by atoms with Crippen molar-refractivity contribution in [3.63, 3.8) is 0 Å². The normalized spacial score (nSPS) is 26.3. The fourth-order valence-corrected chi connectivity index (χ4v) is 2.55. The van der Waals surface area contributed by atoms with Gasteiger partial charge < -0.3 is 15.3 Å². The summed E-state index contributed by atoms with van der Waals surface area (Å²) in [4.78, 5) is 33.3. The second-order valence-electron chi connectivity index (χ2n) is 4.86. The van der Waals surface area contributed by atoms with E-state index in [1.807, 2.05) is 6.92 Å². The molecule has 1 aromatic heterocycles. The minimum absolute atomic E-state index is 0.194. The SMILES string of the molecule is Cc1cnc2c(n1)CN(C1CCC(=O)NC1O)C2=O. The van der Waals surface area contributed by atoms with Crippen LogP contribution < -0.4 is 5.32 Å². The van der Waals surface area contributed by atoms with Crippen molar-refractivity contribution in [1.29, 1.82) is 0 Å². The summed E-state index contributed by atoms with van der Waals surface area (Å²) >= 11 is 0. The second-order valence-corrected chi connectivity index (χ2v) is 4.86. The highest BCUT2D eigenvalue weighted by Crippen LogP contribution is 2.26. The third-order valence-electron chi connectivity index (χ3n) is 3.49. The molecule has 0 bridgehead atoms. The molecular weight excluding hydrogens is 248 g/mol. The van der Waals surface area contributed by atoms with E-state index in [9.17, 15) is 14.7 Å². The van der Waals surface area contributed by atoms with Crippen LogP contribution in [-0.2, 0) is 11.3 Å². The minimum atomic E-state index is -1.03. The molecule has 0 saturated carbocycles. The second kappa shape index (κ2) is 4.27. The molecule has 3 heterocycles. The zero-order chi connectivity index (χ0) is 13.6. The number of aromatic nitrogens is 2. The highest BCUT2D eigenvalue weighted by Gasteiger charge is 2.40. The van der Waals surface area contributed by atoms with Gasteiger partial charge in [0.2, 0.25) is 5.91 Å². The van der Waals surface area contributed by atoms with Gasteiger partial charge in [-0.15, -0.1) is 0 Å². The van der Waals surface area contributed by atoms with E-state index in [0.717, 1.165) is 5.69 Å². The van der Waals surface area contributed by atoms with Gasteiger partial charge in [0.1, 0.15) is 6.23 Å². The number of rotatable bonds is 1. The van der Waals surface area contributed by atoms with E-state index in [4.69, 9.17) is 0 Å². The summed E-state index contributed by atoms with van der Waals surface area (Å²) in [5.74, 6) is -0.428. The van der Waals surface area contributed by atoms with Gasteiger partial charge in [-0.1, -0.05) is 0 Å². The highest BCUT2D eigenvalue weighted by atomic mass is 16.3. The third kappa shape index (κ3) is 1.95. The van der Waals surface area contributed by atoms with Gasteiger partial charge in [-0.2, -0.15) is 0 Å². The van der Waals surface area contributed by atoms with E-state index in [2.05, 4.69) is 15.3 Å². The number of piperidine rings is 1. The fourth-order valence-electron chi connectivity index (χ4n) is 2.55. The molecule has 2 N–H and O–H groups in total. The Bertz CT molecular complexity index is 560. The van der Waals surface area contributed by atoms with Crippen LogP contribution in [0.25, 0.3) is 0 Å². The van der Waals surface area contributed by atoms with Crippen LogP contribution in [0.15, 0.2) is 6.20 Å². The van der Waals surface area contributed by atoms with Crippen molar-refractivity contribution in [1.82, 2.24) is 20.2 Å². The first-order valence-electron chi connectivity index (χ1n) is 6.17. The molecule has 0 aromatic carbocycles. The summed E-state index contributed by atoms with van der Waals surface area (Å²) < 4.78 is 0. The van der Waals surface area contributed by atoms with Crippen molar-refractivity contribution in [2.45, 2.75) is 38.6 Å². The van der Waals surface area contributed by atoms with Crippen LogP contribution in [0.1, 0.15) is 34.7 Å². The lowest BCUT2D eigenvalue weighted by molar-refractivity contribution is -0.129. The number of amides is 2. The number of carbonyl (C=O) groups is 2. The van der Waals surface area contributed by atoms with E-state index < -0.39 is 12.3 Å². The molecule has 3 rings (SSSR count). The molecule has 2 atom stereocenters. The Hall–Kier alpha value is -2.02. The largest absolute Gasteiger partial charge is 0.372 e. The maximum absolute atomic E-state index is 12.2. The van der Waals surface area contributed by atoms with Gasteiger partial charge in [0.05, 0.1) is 24.0 Å². The molecule has 0 spiro atoms. The molecule has 19 heavy (non-hydrogen) atoms. The molecular formula is C12H14N4O3. The zero-order valence-electron chi connectivity index (χ0n) is 10.5. The smallest absolute Gasteiger partial charge is 0.275 e. The van der Waals surface area contributed by atoms with E-state index in [1.165, 1.54) is 4.90 Å². The van der Waals surface area contributed by atoms with Crippen LogP contribution in [0.5, 0.6) is 0 Å². The number of aliphatic hydroxyl groups is 1. The minimum Gasteiger partial charge on any atom is -0.372 e. The fraction of sp³-hybridized carbons (Fsp3) is 0.500. The van der Waals surface area contributed by atoms with Crippen LogP contribution >= 0.6 is 0 Å². The van der Waals surface area contributed by atoms with Crippen molar-refractivity contribution >= 4 is 11.8 Å². The maximum Gasteiger partial charge on any atom is 0.275 e. The third-order valence-corrected chi connectivity index (χ3v) is 3.49. The van der Waals surface area contributed by atoms with Crippen LogP contribution in [-0.4, -0.2) is 44.1 Å². The first kappa shape index (κ1) is 12.0. The van der Waals surface area contributed by atoms with Crippen molar-refractivity contribution in [3.05, 3.63) is 23.3 Å². The zero-order valence-corrected chi connectivity index (χ0v) is 10.5. The number of aryl methyl sites for hydroxylation is 1. The number of carbonyl (C=O) groups excluding carboxylic acids is 2. The standard InChI is InChI=1S/C12H14N4O3/c1-6-4-13-10-7(14-6)5-16(12(10)19)8-2-3-9(17)15-11(8)18/h4,8,11,18H,2-3,5H2,1H3,(H,15,17). The molecule has 2 aliphatic rings. The van der Waals surface area contributed by atoms with Crippen molar-refractivity contribution in [3.8, 4) is 0 Å². The van der Waals surface area contributed by atoms with Gasteiger partial charge in [-0.3, -0.25) is 14.6 Å². The average Bonchev–Trinajstić information content (AvgIpc) is 2.66. The Kier molecular flexibility index (Phi) is 2.70. The van der Waals surface area contributed by atoms with Gasteiger partial charge in [0, 0.05) is 12.6 Å². The summed E-state index contributed by atoms with van der Waals surface area (Å²) in [6.07, 6.45) is 1.29. The van der Waals surface area contributed by atoms with Crippen molar-refractivity contribution < 1.29 is 14.7 Å². The molecule has 0 radical (unpaired) electrons. The topological polar surface area (TPSA) is 95.4 Å². The van der Waals surface area contributed by atoms with E-state index in [1.54, 1.807) is 6.20 Å². The Morgan fingerprint density at radius 1 is 1.47 bits per heavy atom. The highest BCUT2D eigenvalue weighted by molar-refractivity contribution is 5.96. The van der Waals surface area contributed by atoms with Gasteiger partial charge in [0.15, 0.2) is 5.69 Å². The number of hydrogen-bond acceptors (Lipinski definition) is 5. The van der Waals surface area contributed by atoms with Gasteiger partial charge in [-0.25, -0.2) is 4.98 Å². The first-order chi connectivity index (χ1) is 9.06. The molecule has 1 aromatic rings. The maximum atomic E-state index is 12.2. The van der Waals surface area contributed by atoms with Crippen molar-refractivity contribution in [2.24, 2.45) is 0 Å². The van der Waals surface area contributed by atoms with E-state index >= 15 is 0 Å². The van der Waals surface area contributed by atoms with Crippen LogP contribution in [0, 0.1) is 6.92 Å². The number of aliphatic hydroxyl groups excluding tert-OH is 1. The lowest BCUT2D eigenvalue weighted by Crippen LogP contribution is -2.55. The summed E-state index contributed by atoms with van der Waals surface area (Å²) in [6.45, 7) is 2.15. The number of hydrogen-bond donors (Lipinski definition) is 2. The van der Waals surface area contributed by atoms with Crippen molar-refractivity contribution in [2.75, 3.05) is 0 Å². The molecule has 7 heteroatoms. The number of nitrogens with zero attached hydrogens (tertiary/aromatic N) is 3. The predicted molar refractivity (Wildman–Crippen MR) is 63.8 cm³/mol. The molecule has 1 fully saturated rings. The van der Waals surface area contributed by atoms with Crippen LogP contribution in [0.4, 0.5) is 0 Å². The Labute approximate surface area is 109 Å². The van der Waals surface area contributed by atoms with E-state index in [-0.39, 0.29) is 11.8 Å². The van der Waals surface area contributed by atoms with Gasteiger partial charge in [-0.05, 0) is 13.3 Å². The molecule has 1 saturated heterocycles. The van der Waals surface area contributed by atoms with Gasteiger partial charge in [0.25, 0.3) is 5.91 Å². The molecule has 0 aliphatic carbocycles. The number of fused-ring (bicyclic) bond motifs is 1.